The SMILES string of the molecule is Cn1nc(-c2cccs2)cc1C(=O)N1CCN(c2cc(N3CCOCC3)ncn2)CC1. The van der Waals surface area contributed by atoms with Gasteiger partial charge in [-0.1, -0.05) is 6.07 Å². The van der Waals surface area contributed by atoms with E-state index in [4.69, 9.17) is 4.74 Å². The predicted octanol–water partition coefficient (Wildman–Crippen LogP) is 1.74. The van der Waals surface area contributed by atoms with Crippen molar-refractivity contribution in [2.24, 2.45) is 7.05 Å². The Morgan fingerprint density at radius 2 is 1.71 bits per heavy atom. The van der Waals surface area contributed by atoms with Crippen LogP contribution in [0, 0.1) is 0 Å². The van der Waals surface area contributed by atoms with Crippen LogP contribution in [0.4, 0.5) is 11.6 Å². The minimum absolute atomic E-state index is 0.0224. The third-order valence-corrected chi connectivity index (χ3v) is 6.63. The molecule has 0 aromatic carbocycles. The maximum absolute atomic E-state index is 13.1. The summed E-state index contributed by atoms with van der Waals surface area (Å²) in [6.45, 7) is 5.91. The minimum Gasteiger partial charge on any atom is -0.378 e. The van der Waals surface area contributed by atoms with Crippen LogP contribution in [0.2, 0.25) is 0 Å². The molecule has 0 spiro atoms. The van der Waals surface area contributed by atoms with E-state index in [-0.39, 0.29) is 5.91 Å². The van der Waals surface area contributed by atoms with Crippen LogP contribution in [0.5, 0.6) is 0 Å². The Morgan fingerprint density at radius 3 is 2.39 bits per heavy atom. The van der Waals surface area contributed by atoms with Gasteiger partial charge in [0.15, 0.2) is 0 Å². The number of hydrogen-bond donors (Lipinski definition) is 0. The van der Waals surface area contributed by atoms with Crippen LogP contribution in [-0.2, 0) is 11.8 Å². The number of morpholine rings is 1. The van der Waals surface area contributed by atoms with Gasteiger partial charge in [0.25, 0.3) is 5.91 Å². The number of rotatable bonds is 4. The number of amides is 1. The number of carbonyl (C=O) groups is 1. The summed E-state index contributed by atoms with van der Waals surface area (Å²) >= 11 is 1.62. The van der Waals surface area contributed by atoms with E-state index in [1.807, 2.05) is 41.6 Å². The smallest absolute Gasteiger partial charge is 0.272 e. The quantitative estimate of drug-likeness (QED) is 0.613. The van der Waals surface area contributed by atoms with Gasteiger partial charge in [0, 0.05) is 52.4 Å². The van der Waals surface area contributed by atoms with Crippen LogP contribution < -0.4 is 9.80 Å². The Morgan fingerprint density at radius 1 is 1.00 bits per heavy atom. The molecule has 2 aliphatic heterocycles. The number of carbonyl (C=O) groups excluding carboxylic acids is 1. The Labute approximate surface area is 184 Å². The van der Waals surface area contributed by atoms with E-state index in [0.717, 1.165) is 61.6 Å². The first-order valence-electron chi connectivity index (χ1n) is 10.5. The average molecular weight is 440 g/mol. The van der Waals surface area contributed by atoms with E-state index in [0.29, 0.717) is 18.8 Å². The van der Waals surface area contributed by atoms with Gasteiger partial charge in [-0.3, -0.25) is 9.48 Å². The van der Waals surface area contributed by atoms with Gasteiger partial charge in [-0.2, -0.15) is 5.10 Å². The molecule has 0 unspecified atom stereocenters. The molecule has 0 bridgehead atoms. The Bertz CT molecular complexity index is 1040. The summed E-state index contributed by atoms with van der Waals surface area (Å²) < 4.78 is 7.11. The Balaban J connectivity index is 1.24. The maximum Gasteiger partial charge on any atom is 0.272 e. The summed E-state index contributed by atoms with van der Waals surface area (Å²) in [5.74, 6) is 1.86. The van der Waals surface area contributed by atoms with Crippen molar-refractivity contribution >= 4 is 28.9 Å². The molecule has 0 atom stereocenters. The normalized spacial score (nSPS) is 17.3. The monoisotopic (exact) mass is 439 g/mol. The number of nitrogens with zero attached hydrogens (tertiary/aromatic N) is 7. The predicted molar refractivity (Wildman–Crippen MR) is 120 cm³/mol. The van der Waals surface area contributed by atoms with Gasteiger partial charge in [0.05, 0.1) is 18.1 Å². The number of anilines is 2. The molecule has 9 nitrogen and oxygen atoms in total. The Hall–Kier alpha value is -2.98. The molecular weight excluding hydrogens is 414 g/mol. The van der Waals surface area contributed by atoms with Crippen LogP contribution in [-0.4, -0.2) is 83.0 Å². The summed E-state index contributed by atoms with van der Waals surface area (Å²) in [5, 5.41) is 6.54. The van der Waals surface area contributed by atoms with E-state index in [1.54, 1.807) is 22.3 Å². The molecule has 10 heteroatoms. The van der Waals surface area contributed by atoms with Crippen molar-refractivity contribution in [2.45, 2.75) is 0 Å². The van der Waals surface area contributed by atoms with Crippen molar-refractivity contribution in [3.8, 4) is 10.6 Å². The molecule has 0 aliphatic carbocycles. The summed E-state index contributed by atoms with van der Waals surface area (Å²) in [7, 11) is 1.83. The first-order valence-corrected chi connectivity index (χ1v) is 11.3. The summed E-state index contributed by atoms with van der Waals surface area (Å²) in [5.41, 5.74) is 1.46. The standard InChI is InChI=1S/C21H25N7O2S/c1-25-17(13-16(24-25)18-3-2-12-31-18)21(29)28-6-4-26(5-7-28)19-14-20(23-15-22-19)27-8-10-30-11-9-27/h2-3,12-15H,4-11H2,1H3. The second-order valence-corrected chi connectivity index (χ2v) is 8.58. The first-order chi connectivity index (χ1) is 15.2. The number of thiophene rings is 1. The molecule has 3 aromatic rings. The lowest BCUT2D eigenvalue weighted by molar-refractivity contribution is 0.0735. The lowest BCUT2D eigenvalue weighted by Crippen LogP contribution is -2.49. The van der Waals surface area contributed by atoms with Crippen molar-refractivity contribution in [3.63, 3.8) is 0 Å². The number of aromatic nitrogens is 4. The second kappa shape index (κ2) is 8.64. The molecular formula is C21H25N7O2S. The van der Waals surface area contributed by atoms with Crippen molar-refractivity contribution in [3.05, 3.63) is 41.7 Å². The highest BCUT2D eigenvalue weighted by Crippen LogP contribution is 2.25. The topological polar surface area (TPSA) is 79.6 Å². The molecule has 2 saturated heterocycles. The lowest BCUT2D eigenvalue weighted by Gasteiger charge is -2.35. The van der Waals surface area contributed by atoms with Crippen LogP contribution in [0.15, 0.2) is 36.0 Å². The highest BCUT2D eigenvalue weighted by atomic mass is 32.1. The zero-order chi connectivity index (χ0) is 21.2. The largest absolute Gasteiger partial charge is 0.378 e. The number of aryl methyl sites for hydroxylation is 1. The zero-order valence-corrected chi connectivity index (χ0v) is 18.3. The third kappa shape index (κ3) is 4.13. The molecule has 0 N–H and O–H groups in total. The van der Waals surface area contributed by atoms with Crippen molar-refractivity contribution in [1.82, 2.24) is 24.6 Å². The molecule has 2 fully saturated rings. The highest BCUT2D eigenvalue weighted by Gasteiger charge is 2.26. The number of piperazine rings is 1. The third-order valence-electron chi connectivity index (χ3n) is 5.74. The van der Waals surface area contributed by atoms with E-state index in [9.17, 15) is 4.79 Å². The fraction of sp³-hybridized carbons (Fsp3) is 0.429. The fourth-order valence-electron chi connectivity index (χ4n) is 3.99. The molecule has 5 rings (SSSR count). The van der Waals surface area contributed by atoms with E-state index in [1.165, 1.54) is 0 Å². The van der Waals surface area contributed by atoms with Gasteiger partial charge in [-0.15, -0.1) is 11.3 Å². The van der Waals surface area contributed by atoms with Crippen LogP contribution >= 0.6 is 11.3 Å². The van der Waals surface area contributed by atoms with Gasteiger partial charge in [0.2, 0.25) is 0 Å². The molecule has 2 aliphatic rings. The van der Waals surface area contributed by atoms with Crippen LogP contribution in [0.3, 0.4) is 0 Å². The number of hydrogen-bond acceptors (Lipinski definition) is 8. The maximum atomic E-state index is 13.1. The molecule has 5 heterocycles. The second-order valence-electron chi connectivity index (χ2n) is 7.63. The molecule has 0 saturated carbocycles. The summed E-state index contributed by atoms with van der Waals surface area (Å²) in [4.78, 5) is 29.4. The van der Waals surface area contributed by atoms with E-state index < -0.39 is 0 Å². The van der Waals surface area contributed by atoms with Crippen LogP contribution in [0.1, 0.15) is 10.5 Å². The van der Waals surface area contributed by atoms with E-state index in [2.05, 4.69) is 24.9 Å². The molecule has 1 amide bonds. The molecule has 31 heavy (non-hydrogen) atoms. The first kappa shape index (κ1) is 20.0. The molecule has 0 radical (unpaired) electrons. The average Bonchev–Trinajstić information content (AvgIpc) is 3.49. The lowest BCUT2D eigenvalue weighted by atomic mass is 10.2. The van der Waals surface area contributed by atoms with Gasteiger partial charge in [-0.05, 0) is 17.5 Å². The van der Waals surface area contributed by atoms with Crippen molar-refractivity contribution in [2.75, 3.05) is 62.3 Å². The van der Waals surface area contributed by atoms with Crippen molar-refractivity contribution in [1.29, 1.82) is 0 Å². The molecule has 3 aromatic heterocycles. The zero-order valence-electron chi connectivity index (χ0n) is 17.5. The van der Waals surface area contributed by atoms with Gasteiger partial charge < -0.3 is 19.4 Å². The minimum atomic E-state index is 0.0224. The van der Waals surface area contributed by atoms with Crippen LogP contribution in [0.25, 0.3) is 10.6 Å². The fourth-order valence-corrected chi connectivity index (χ4v) is 4.67. The Kier molecular flexibility index (Phi) is 5.56. The highest BCUT2D eigenvalue weighted by molar-refractivity contribution is 7.13. The molecule has 162 valence electrons. The van der Waals surface area contributed by atoms with Gasteiger partial charge in [-0.25, -0.2) is 9.97 Å². The van der Waals surface area contributed by atoms with Gasteiger partial charge >= 0.3 is 0 Å². The van der Waals surface area contributed by atoms with E-state index >= 15 is 0 Å². The summed E-state index contributed by atoms with van der Waals surface area (Å²) in [6, 6.07) is 7.94. The summed E-state index contributed by atoms with van der Waals surface area (Å²) in [6.07, 6.45) is 1.62. The van der Waals surface area contributed by atoms with Crippen molar-refractivity contribution < 1.29 is 9.53 Å². The van der Waals surface area contributed by atoms with Gasteiger partial charge in [0.1, 0.15) is 29.4 Å². The number of ether oxygens (including phenoxy) is 1.